The predicted molar refractivity (Wildman–Crippen MR) is 160 cm³/mol. The third kappa shape index (κ3) is 6.25. The van der Waals surface area contributed by atoms with E-state index in [9.17, 15) is 18.0 Å². The van der Waals surface area contributed by atoms with Crippen LogP contribution in [0.3, 0.4) is 0 Å². The molecular weight excluding hydrogens is 538 g/mol. The Balaban J connectivity index is 1.38. The molecule has 4 fully saturated rings. The number of nitrogens with zero attached hydrogens (tertiary/aromatic N) is 2. The Morgan fingerprint density at radius 2 is 1.54 bits per heavy atom. The summed E-state index contributed by atoms with van der Waals surface area (Å²) < 4.78 is 32.4. The van der Waals surface area contributed by atoms with Crippen LogP contribution in [0.15, 0.2) is 48.5 Å². The number of ether oxygens (including phenoxy) is 1. The van der Waals surface area contributed by atoms with Crippen LogP contribution in [0.25, 0.3) is 0 Å². The highest BCUT2D eigenvalue weighted by atomic mass is 32.2. The Hall–Kier alpha value is -3.07. The second-order valence-corrected chi connectivity index (χ2v) is 14.4. The van der Waals surface area contributed by atoms with E-state index in [0.29, 0.717) is 18.0 Å². The van der Waals surface area contributed by atoms with Crippen LogP contribution >= 0.6 is 0 Å². The molecule has 0 aliphatic heterocycles. The highest BCUT2D eigenvalue weighted by Crippen LogP contribution is 2.60. The summed E-state index contributed by atoms with van der Waals surface area (Å²) in [5.74, 6) is 2.39. The summed E-state index contributed by atoms with van der Waals surface area (Å²) in [6, 6.07) is 14.3. The van der Waals surface area contributed by atoms with Gasteiger partial charge in [0.1, 0.15) is 18.3 Å². The van der Waals surface area contributed by atoms with Gasteiger partial charge in [0.05, 0.1) is 19.1 Å². The number of anilines is 1. The summed E-state index contributed by atoms with van der Waals surface area (Å²) in [5, 5.41) is 2.78. The van der Waals surface area contributed by atoms with Crippen molar-refractivity contribution in [1.29, 1.82) is 0 Å². The molecule has 2 aromatic carbocycles. The van der Waals surface area contributed by atoms with Crippen molar-refractivity contribution in [1.82, 2.24) is 10.2 Å². The maximum absolute atomic E-state index is 13.8. The van der Waals surface area contributed by atoms with Crippen LogP contribution in [0.1, 0.15) is 63.5 Å². The van der Waals surface area contributed by atoms with E-state index in [-0.39, 0.29) is 17.9 Å². The summed E-state index contributed by atoms with van der Waals surface area (Å²) in [6.45, 7) is 3.68. The first-order valence-corrected chi connectivity index (χ1v) is 16.6. The number of benzene rings is 2. The lowest BCUT2D eigenvalue weighted by molar-refractivity contribution is -0.139. The molecule has 0 unspecified atom stereocenters. The van der Waals surface area contributed by atoms with Gasteiger partial charge in [-0.25, -0.2) is 8.42 Å². The van der Waals surface area contributed by atoms with Crippen LogP contribution in [-0.4, -0.2) is 57.6 Å². The number of sulfonamides is 1. The van der Waals surface area contributed by atoms with Gasteiger partial charge in [-0.2, -0.15) is 0 Å². The Kier molecular flexibility index (Phi) is 8.37. The number of hydrogen-bond acceptors (Lipinski definition) is 5. The molecule has 4 aliphatic carbocycles. The SMILES string of the molecule is CCNC(=O)[C@H](C)N(Cc1ccc(OC)cc1)C(=O)CN(c1ccc(C23CC4CC(CC(C4)C2)C3)cc1)S(C)(=O)=O. The Bertz CT molecular complexity index is 1320. The van der Waals surface area contributed by atoms with E-state index in [0.717, 1.165) is 33.9 Å². The monoisotopic (exact) mass is 581 g/mol. The van der Waals surface area contributed by atoms with Crippen LogP contribution in [0.5, 0.6) is 5.75 Å². The molecule has 4 bridgehead atoms. The summed E-state index contributed by atoms with van der Waals surface area (Å²) in [5.41, 5.74) is 2.77. The van der Waals surface area contributed by atoms with Crippen molar-refractivity contribution < 1.29 is 22.7 Å². The molecule has 4 aliphatic rings. The predicted octanol–water partition coefficient (Wildman–Crippen LogP) is 4.48. The Morgan fingerprint density at radius 3 is 2.02 bits per heavy atom. The smallest absolute Gasteiger partial charge is 0.244 e. The molecule has 4 saturated carbocycles. The quantitative estimate of drug-likeness (QED) is 0.422. The highest BCUT2D eigenvalue weighted by molar-refractivity contribution is 7.92. The van der Waals surface area contributed by atoms with Crippen LogP contribution in [0.2, 0.25) is 0 Å². The molecule has 0 saturated heterocycles. The van der Waals surface area contributed by atoms with Gasteiger partial charge in [0, 0.05) is 13.1 Å². The van der Waals surface area contributed by atoms with E-state index in [2.05, 4.69) is 17.4 Å². The number of methoxy groups -OCH3 is 1. The summed E-state index contributed by atoms with van der Waals surface area (Å²) in [6.07, 6.45) is 8.89. The molecule has 0 spiro atoms. The average molecular weight is 582 g/mol. The van der Waals surface area contributed by atoms with Gasteiger partial charge in [0.15, 0.2) is 0 Å². The summed E-state index contributed by atoms with van der Waals surface area (Å²) in [4.78, 5) is 28.0. The first-order valence-electron chi connectivity index (χ1n) is 14.8. The molecule has 41 heavy (non-hydrogen) atoms. The lowest BCUT2D eigenvalue weighted by Gasteiger charge is -2.57. The molecule has 2 aromatic rings. The minimum atomic E-state index is -3.77. The molecule has 9 heteroatoms. The first kappa shape index (κ1) is 29.4. The zero-order valence-electron chi connectivity index (χ0n) is 24.6. The molecule has 6 rings (SSSR count). The van der Waals surface area contributed by atoms with Gasteiger partial charge in [-0.3, -0.25) is 13.9 Å². The molecule has 8 nitrogen and oxygen atoms in total. The number of nitrogens with one attached hydrogen (secondary N) is 1. The fourth-order valence-electron chi connectivity index (χ4n) is 7.89. The van der Waals surface area contributed by atoms with Crippen LogP contribution in [0, 0.1) is 17.8 Å². The first-order chi connectivity index (χ1) is 19.5. The van der Waals surface area contributed by atoms with Crippen LogP contribution in [-0.2, 0) is 31.6 Å². The molecule has 0 aromatic heterocycles. The van der Waals surface area contributed by atoms with Crippen LogP contribution < -0.4 is 14.4 Å². The van der Waals surface area contributed by atoms with Gasteiger partial charge >= 0.3 is 0 Å². The molecule has 222 valence electrons. The molecule has 0 heterocycles. The Labute approximate surface area is 244 Å². The number of rotatable bonds is 11. The van der Waals surface area contributed by atoms with E-state index in [4.69, 9.17) is 4.74 Å². The summed E-state index contributed by atoms with van der Waals surface area (Å²) >= 11 is 0. The van der Waals surface area contributed by atoms with Gasteiger partial charge in [0.2, 0.25) is 21.8 Å². The van der Waals surface area contributed by atoms with Crippen molar-refractivity contribution in [3.05, 3.63) is 59.7 Å². The van der Waals surface area contributed by atoms with Crippen molar-refractivity contribution in [3.63, 3.8) is 0 Å². The van der Waals surface area contributed by atoms with E-state index in [1.165, 1.54) is 49.0 Å². The van der Waals surface area contributed by atoms with Crippen molar-refractivity contribution in [2.75, 3.05) is 30.8 Å². The average Bonchev–Trinajstić information content (AvgIpc) is 2.93. The third-order valence-corrected chi connectivity index (χ3v) is 10.7. The molecule has 1 N–H and O–H groups in total. The normalized spacial score (nSPS) is 25.4. The minimum Gasteiger partial charge on any atom is -0.497 e. The standard InChI is InChI=1S/C32H43N3O5S/c1-5-33-31(37)22(2)34(20-23-6-12-29(40-3)13-7-23)30(36)21-35(41(4,38)39)28-10-8-27(9-11-28)32-17-24-14-25(18-32)16-26(15-24)19-32/h6-13,22,24-26H,5,14-21H2,1-4H3,(H,33,37)/t22-,24?,25?,26?,32?/m0/s1. The van der Waals surface area contributed by atoms with Gasteiger partial charge in [-0.1, -0.05) is 24.3 Å². The van der Waals surface area contributed by atoms with E-state index in [1.54, 1.807) is 26.2 Å². The zero-order chi connectivity index (χ0) is 29.4. The van der Waals surface area contributed by atoms with E-state index < -0.39 is 28.5 Å². The second-order valence-electron chi connectivity index (χ2n) is 12.5. The van der Waals surface area contributed by atoms with Gasteiger partial charge in [0.25, 0.3) is 0 Å². The second kappa shape index (κ2) is 11.7. The number of hydrogen-bond donors (Lipinski definition) is 1. The third-order valence-electron chi connectivity index (χ3n) is 9.52. The van der Waals surface area contributed by atoms with Gasteiger partial charge in [-0.15, -0.1) is 0 Å². The lowest BCUT2D eigenvalue weighted by atomic mass is 9.48. The molecule has 0 radical (unpaired) electrons. The van der Waals surface area contributed by atoms with E-state index >= 15 is 0 Å². The molecule has 1 atom stereocenters. The Morgan fingerprint density at radius 1 is 0.976 bits per heavy atom. The van der Waals surface area contributed by atoms with Crippen molar-refractivity contribution in [2.24, 2.45) is 17.8 Å². The van der Waals surface area contributed by atoms with E-state index in [1.807, 2.05) is 31.2 Å². The van der Waals surface area contributed by atoms with Crippen molar-refractivity contribution >= 4 is 27.5 Å². The van der Waals surface area contributed by atoms with Crippen molar-refractivity contribution in [3.8, 4) is 5.75 Å². The highest BCUT2D eigenvalue weighted by Gasteiger charge is 2.51. The number of carbonyl (C=O) groups excluding carboxylic acids is 2. The largest absolute Gasteiger partial charge is 0.497 e. The fraction of sp³-hybridized carbons (Fsp3) is 0.562. The molecular formula is C32H43N3O5S. The molecule has 2 amide bonds. The minimum absolute atomic E-state index is 0.156. The fourth-order valence-corrected chi connectivity index (χ4v) is 8.74. The lowest BCUT2D eigenvalue weighted by Crippen LogP contribution is -2.51. The van der Waals surface area contributed by atoms with Crippen molar-refractivity contribution in [2.45, 2.75) is 70.4 Å². The van der Waals surface area contributed by atoms with Crippen LogP contribution in [0.4, 0.5) is 5.69 Å². The van der Waals surface area contributed by atoms with Gasteiger partial charge in [-0.05, 0) is 111 Å². The maximum atomic E-state index is 13.8. The zero-order valence-corrected chi connectivity index (χ0v) is 25.5. The maximum Gasteiger partial charge on any atom is 0.244 e. The number of amides is 2. The number of likely N-dealkylation sites (N-methyl/N-ethyl adjacent to an activating group) is 1. The topological polar surface area (TPSA) is 96.0 Å². The van der Waals surface area contributed by atoms with Gasteiger partial charge < -0.3 is 15.0 Å². The number of carbonyl (C=O) groups is 2. The summed E-state index contributed by atoms with van der Waals surface area (Å²) in [7, 11) is -2.19.